The van der Waals surface area contributed by atoms with E-state index in [1.54, 1.807) is 0 Å². The number of amides is 1. The first kappa shape index (κ1) is 12.6. The highest BCUT2D eigenvalue weighted by Crippen LogP contribution is 2.27. The van der Waals surface area contributed by atoms with Crippen molar-refractivity contribution in [2.75, 3.05) is 24.5 Å². The molecule has 0 unspecified atom stereocenters. The van der Waals surface area contributed by atoms with Gasteiger partial charge in [0.1, 0.15) is 0 Å². The van der Waals surface area contributed by atoms with Crippen molar-refractivity contribution in [3.8, 4) is 0 Å². The number of nitrogens with zero attached hydrogens (tertiary/aromatic N) is 1. The second-order valence-electron chi connectivity index (χ2n) is 4.38. The third-order valence-corrected chi connectivity index (χ3v) is 3.59. The van der Waals surface area contributed by atoms with Crippen LogP contribution in [0.15, 0.2) is 22.7 Å². The van der Waals surface area contributed by atoms with Gasteiger partial charge in [-0.25, -0.2) is 0 Å². The Balaban J connectivity index is 2.25. The summed E-state index contributed by atoms with van der Waals surface area (Å²) < 4.78 is 0.992. The Hall–Kier alpha value is -0.870. The van der Waals surface area contributed by atoms with E-state index in [0.717, 1.165) is 36.1 Å². The van der Waals surface area contributed by atoms with Gasteiger partial charge in [0.25, 0.3) is 0 Å². The fraction of sp³-hybridized carbons (Fsp3) is 0.462. The second kappa shape index (κ2) is 5.65. The molecule has 0 bridgehead atoms. The molecule has 1 aliphatic rings. The van der Waals surface area contributed by atoms with Gasteiger partial charge in [-0.15, -0.1) is 0 Å². The van der Waals surface area contributed by atoms with E-state index in [4.69, 9.17) is 0 Å². The van der Waals surface area contributed by atoms with Crippen LogP contribution in [0.3, 0.4) is 0 Å². The molecular weight excluding hydrogens is 280 g/mol. The maximum Gasteiger partial charge on any atom is 0.240 e. The molecule has 92 valence electrons. The summed E-state index contributed by atoms with van der Waals surface area (Å²) in [6.07, 6.45) is 2.16. The highest BCUT2D eigenvalue weighted by Gasteiger charge is 2.18. The quantitative estimate of drug-likeness (QED) is 0.863. The third kappa shape index (κ3) is 3.07. The minimum Gasteiger partial charge on any atom is -0.310 e. The molecule has 0 radical (unpaired) electrons. The number of benzene rings is 1. The number of aryl methyl sites for hydroxylation is 1. The Morgan fingerprint density at radius 1 is 1.35 bits per heavy atom. The molecule has 1 heterocycles. The lowest BCUT2D eigenvalue weighted by atomic mass is 10.2. The number of carbonyl (C=O) groups is 1. The average Bonchev–Trinajstić information content (AvgIpc) is 2.26. The normalized spacial score (nSPS) is 17.8. The highest BCUT2D eigenvalue weighted by molar-refractivity contribution is 9.10. The lowest BCUT2D eigenvalue weighted by Crippen LogP contribution is -2.41. The van der Waals surface area contributed by atoms with Gasteiger partial charge in [0, 0.05) is 11.0 Å². The molecule has 17 heavy (non-hydrogen) atoms. The Labute approximate surface area is 110 Å². The Morgan fingerprint density at radius 2 is 2.18 bits per heavy atom. The SMILES string of the molecule is Cc1ccc(N2CCCCNCC2=O)c(Br)c1. The number of carbonyl (C=O) groups excluding carboxylic acids is 1. The van der Waals surface area contributed by atoms with Crippen LogP contribution in [-0.4, -0.2) is 25.5 Å². The molecule has 1 N–H and O–H groups in total. The molecule has 0 aliphatic carbocycles. The lowest BCUT2D eigenvalue weighted by Gasteiger charge is -2.26. The molecule has 4 heteroatoms. The van der Waals surface area contributed by atoms with E-state index in [2.05, 4.69) is 27.3 Å². The summed E-state index contributed by atoms with van der Waals surface area (Å²) in [5.41, 5.74) is 2.17. The van der Waals surface area contributed by atoms with E-state index in [1.165, 1.54) is 5.56 Å². The molecule has 0 atom stereocenters. The zero-order valence-electron chi connectivity index (χ0n) is 10.0. The number of anilines is 1. The number of hydrogen-bond acceptors (Lipinski definition) is 2. The third-order valence-electron chi connectivity index (χ3n) is 2.96. The Morgan fingerprint density at radius 3 is 2.94 bits per heavy atom. The van der Waals surface area contributed by atoms with Crippen LogP contribution in [0.1, 0.15) is 18.4 Å². The molecular formula is C13H17BrN2O. The van der Waals surface area contributed by atoms with E-state index in [0.29, 0.717) is 6.54 Å². The first-order chi connectivity index (χ1) is 8.18. The van der Waals surface area contributed by atoms with Crippen LogP contribution in [0.5, 0.6) is 0 Å². The number of halogens is 1. The van der Waals surface area contributed by atoms with Gasteiger partial charge >= 0.3 is 0 Å². The van der Waals surface area contributed by atoms with E-state index in [-0.39, 0.29) is 5.91 Å². The molecule has 2 rings (SSSR count). The van der Waals surface area contributed by atoms with Gasteiger partial charge in [-0.1, -0.05) is 6.07 Å². The van der Waals surface area contributed by atoms with E-state index >= 15 is 0 Å². The summed E-state index contributed by atoms with van der Waals surface area (Å²) in [5.74, 6) is 0.147. The van der Waals surface area contributed by atoms with Crippen molar-refractivity contribution >= 4 is 27.5 Å². The maximum atomic E-state index is 12.0. The van der Waals surface area contributed by atoms with Crippen LogP contribution in [0.25, 0.3) is 0 Å². The molecule has 3 nitrogen and oxygen atoms in total. The van der Waals surface area contributed by atoms with Crippen molar-refractivity contribution in [3.63, 3.8) is 0 Å². The summed E-state index contributed by atoms with van der Waals surface area (Å²) in [6.45, 7) is 4.22. The fourth-order valence-corrected chi connectivity index (χ4v) is 2.73. The van der Waals surface area contributed by atoms with Gasteiger partial charge in [-0.3, -0.25) is 4.79 Å². The van der Waals surface area contributed by atoms with E-state index in [9.17, 15) is 4.79 Å². The topological polar surface area (TPSA) is 32.3 Å². The summed E-state index contributed by atoms with van der Waals surface area (Å²) in [5, 5.41) is 3.16. The second-order valence-corrected chi connectivity index (χ2v) is 5.24. The average molecular weight is 297 g/mol. The van der Waals surface area contributed by atoms with E-state index < -0.39 is 0 Å². The predicted octanol–water partition coefficient (Wildman–Crippen LogP) is 2.47. The van der Waals surface area contributed by atoms with Crippen molar-refractivity contribution in [1.82, 2.24) is 5.32 Å². The molecule has 0 saturated carbocycles. The lowest BCUT2D eigenvalue weighted by molar-refractivity contribution is -0.118. The van der Waals surface area contributed by atoms with Crippen molar-refractivity contribution in [1.29, 1.82) is 0 Å². The summed E-state index contributed by atoms with van der Waals surface area (Å²) >= 11 is 3.54. The summed E-state index contributed by atoms with van der Waals surface area (Å²) in [4.78, 5) is 13.9. The minimum absolute atomic E-state index is 0.147. The maximum absolute atomic E-state index is 12.0. The molecule has 0 aromatic heterocycles. The summed E-state index contributed by atoms with van der Waals surface area (Å²) in [6, 6.07) is 6.10. The summed E-state index contributed by atoms with van der Waals surface area (Å²) in [7, 11) is 0. The van der Waals surface area contributed by atoms with Crippen LogP contribution in [-0.2, 0) is 4.79 Å². The molecule has 1 aromatic rings. The zero-order chi connectivity index (χ0) is 12.3. The number of rotatable bonds is 1. The number of hydrogen-bond donors (Lipinski definition) is 1. The van der Waals surface area contributed by atoms with Crippen LogP contribution >= 0.6 is 15.9 Å². The highest BCUT2D eigenvalue weighted by atomic mass is 79.9. The minimum atomic E-state index is 0.147. The largest absolute Gasteiger partial charge is 0.310 e. The first-order valence-electron chi connectivity index (χ1n) is 5.96. The van der Waals surface area contributed by atoms with Crippen molar-refractivity contribution in [2.24, 2.45) is 0 Å². The molecule has 1 amide bonds. The standard InChI is InChI=1S/C13H17BrN2O/c1-10-4-5-12(11(14)8-10)16-7-3-2-6-15-9-13(16)17/h4-5,8,15H,2-3,6-7,9H2,1H3. The predicted molar refractivity (Wildman–Crippen MR) is 73.3 cm³/mol. The van der Waals surface area contributed by atoms with Crippen LogP contribution in [0, 0.1) is 6.92 Å². The molecule has 0 spiro atoms. The van der Waals surface area contributed by atoms with Crippen molar-refractivity contribution < 1.29 is 4.79 Å². The molecule has 1 fully saturated rings. The molecule has 1 aromatic carbocycles. The van der Waals surface area contributed by atoms with E-state index in [1.807, 2.05) is 24.0 Å². The fourth-order valence-electron chi connectivity index (χ4n) is 2.02. The van der Waals surface area contributed by atoms with Gasteiger partial charge < -0.3 is 10.2 Å². The Bertz CT molecular complexity index is 420. The van der Waals surface area contributed by atoms with Gasteiger partial charge in [-0.2, -0.15) is 0 Å². The van der Waals surface area contributed by atoms with Crippen LogP contribution in [0.4, 0.5) is 5.69 Å². The Kier molecular flexibility index (Phi) is 4.18. The molecule has 1 saturated heterocycles. The van der Waals surface area contributed by atoms with Crippen molar-refractivity contribution in [2.45, 2.75) is 19.8 Å². The number of nitrogens with one attached hydrogen (secondary N) is 1. The smallest absolute Gasteiger partial charge is 0.240 e. The zero-order valence-corrected chi connectivity index (χ0v) is 11.6. The van der Waals surface area contributed by atoms with Gasteiger partial charge in [0.15, 0.2) is 0 Å². The monoisotopic (exact) mass is 296 g/mol. The van der Waals surface area contributed by atoms with Crippen LogP contribution in [0.2, 0.25) is 0 Å². The van der Waals surface area contributed by atoms with Gasteiger partial charge in [0.05, 0.1) is 12.2 Å². The van der Waals surface area contributed by atoms with Crippen molar-refractivity contribution in [3.05, 3.63) is 28.2 Å². The first-order valence-corrected chi connectivity index (χ1v) is 6.75. The van der Waals surface area contributed by atoms with Gasteiger partial charge in [0.2, 0.25) is 5.91 Å². The van der Waals surface area contributed by atoms with Crippen LogP contribution < -0.4 is 10.2 Å². The van der Waals surface area contributed by atoms with Gasteiger partial charge in [-0.05, 0) is 59.9 Å². The molecule has 1 aliphatic heterocycles.